The molecule has 0 saturated heterocycles. The molecule has 2 nitrogen and oxygen atoms in total. The zero-order valence-corrected chi connectivity index (χ0v) is 11.3. The van der Waals surface area contributed by atoms with Crippen LogP contribution < -0.4 is 10.1 Å². The number of ether oxygens (including phenoxy) is 1. The highest BCUT2D eigenvalue weighted by atomic mass is 79.9. The maximum atomic E-state index is 13.3. The summed E-state index contributed by atoms with van der Waals surface area (Å²) in [7, 11) is 0. The van der Waals surface area contributed by atoms with Gasteiger partial charge in [0.25, 0.3) is 0 Å². The van der Waals surface area contributed by atoms with Gasteiger partial charge in [0.15, 0.2) is 11.6 Å². The highest BCUT2D eigenvalue weighted by Gasteiger charge is 2.10. The van der Waals surface area contributed by atoms with Gasteiger partial charge in [0.1, 0.15) is 0 Å². The van der Waals surface area contributed by atoms with Crippen molar-refractivity contribution in [3.05, 3.63) is 28.2 Å². The van der Waals surface area contributed by atoms with Crippen LogP contribution in [0.3, 0.4) is 0 Å². The molecule has 0 aliphatic rings. The lowest BCUT2D eigenvalue weighted by atomic mass is 10.3. The molecule has 1 rings (SSSR count). The van der Waals surface area contributed by atoms with Crippen molar-refractivity contribution in [1.29, 1.82) is 0 Å². The molecule has 0 heterocycles. The van der Waals surface area contributed by atoms with E-state index in [2.05, 4.69) is 28.2 Å². The van der Waals surface area contributed by atoms with Crippen LogP contribution in [0.4, 0.5) is 8.78 Å². The van der Waals surface area contributed by atoms with Gasteiger partial charge in [-0.3, -0.25) is 0 Å². The summed E-state index contributed by atoms with van der Waals surface area (Å²) in [6.07, 6.45) is 1.83. The highest BCUT2D eigenvalue weighted by Crippen LogP contribution is 2.25. The molecule has 17 heavy (non-hydrogen) atoms. The molecule has 0 aliphatic heterocycles. The summed E-state index contributed by atoms with van der Waals surface area (Å²) in [5.41, 5.74) is 0. The van der Waals surface area contributed by atoms with Crippen molar-refractivity contribution in [2.24, 2.45) is 0 Å². The van der Waals surface area contributed by atoms with Gasteiger partial charge in [0, 0.05) is 4.47 Å². The smallest absolute Gasteiger partial charge is 0.200 e. The van der Waals surface area contributed by atoms with Crippen LogP contribution in [0.25, 0.3) is 0 Å². The molecule has 1 aromatic carbocycles. The van der Waals surface area contributed by atoms with Gasteiger partial charge in [-0.25, -0.2) is 4.39 Å². The molecule has 1 aromatic rings. The average Bonchev–Trinajstić information content (AvgIpc) is 2.29. The summed E-state index contributed by atoms with van der Waals surface area (Å²) < 4.78 is 32.0. The number of benzene rings is 1. The molecule has 0 bridgehead atoms. The van der Waals surface area contributed by atoms with E-state index in [1.54, 1.807) is 0 Å². The Morgan fingerprint density at radius 3 is 2.76 bits per heavy atom. The van der Waals surface area contributed by atoms with E-state index in [1.807, 2.05) is 0 Å². The first-order valence-corrected chi connectivity index (χ1v) is 6.42. The van der Waals surface area contributed by atoms with Crippen molar-refractivity contribution in [3.8, 4) is 5.75 Å². The fourth-order valence-electron chi connectivity index (χ4n) is 1.32. The number of rotatable bonds is 7. The van der Waals surface area contributed by atoms with Crippen molar-refractivity contribution in [1.82, 2.24) is 5.32 Å². The lowest BCUT2D eigenvalue weighted by Gasteiger charge is -2.08. The van der Waals surface area contributed by atoms with Gasteiger partial charge in [0.2, 0.25) is 5.82 Å². The molecule has 0 spiro atoms. The molecule has 0 amide bonds. The molecule has 0 radical (unpaired) electrons. The molecule has 0 unspecified atom stereocenters. The van der Waals surface area contributed by atoms with E-state index in [9.17, 15) is 8.78 Å². The topological polar surface area (TPSA) is 21.3 Å². The molecular formula is C12H16BrF2NO. The maximum Gasteiger partial charge on any atom is 0.200 e. The molecule has 0 atom stereocenters. The minimum atomic E-state index is -0.935. The zero-order chi connectivity index (χ0) is 12.7. The first-order chi connectivity index (χ1) is 8.15. The monoisotopic (exact) mass is 307 g/mol. The Balaban J connectivity index is 2.36. The SMILES string of the molecule is CCCNCCCOc1cc(Br)cc(F)c1F. The van der Waals surface area contributed by atoms with Crippen molar-refractivity contribution in [2.75, 3.05) is 19.7 Å². The third-order valence-electron chi connectivity index (χ3n) is 2.14. The zero-order valence-electron chi connectivity index (χ0n) is 9.73. The quantitative estimate of drug-likeness (QED) is 0.615. The van der Waals surface area contributed by atoms with E-state index >= 15 is 0 Å². The second-order valence-corrected chi connectivity index (χ2v) is 4.57. The van der Waals surface area contributed by atoms with Gasteiger partial charge < -0.3 is 10.1 Å². The van der Waals surface area contributed by atoms with E-state index in [4.69, 9.17) is 4.74 Å². The third kappa shape index (κ3) is 5.00. The van der Waals surface area contributed by atoms with Crippen molar-refractivity contribution in [2.45, 2.75) is 19.8 Å². The summed E-state index contributed by atoms with van der Waals surface area (Å²) >= 11 is 3.09. The molecular weight excluding hydrogens is 292 g/mol. The Morgan fingerprint density at radius 1 is 1.29 bits per heavy atom. The first-order valence-electron chi connectivity index (χ1n) is 5.63. The summed E-state index contributed by atoms with van der Waals surface area (Å²) in [6, 6.07) is 2.50. The summed E-state index contributed by atoms with van der Waals surface area (Å²) in [6.45, 7) is 4.22. The van der Waals surface area contributed by atoms with E-state index in [1.165, 1.54) is 6.07 Å². The van der Waals surface area contributed by atoms with Crippen molar-refractivity contribution in [3.63, 3.8) is 0 Å². The second kappa shape index (κ2) is 7.61. The maximum absolute atomic E-state index is 13.3. The molecule has 0 fully saturated rings. The Hall–Kier alpha value is -0.680. The molecule has 0 aromatic heterocycles. The lowest BCUT2D eigenvalue weighted by molar-refractivity contribution is 0.288. The van der Waals surface area contributed by atoms with Crippen LogP contribution in [0.1, 0.15) is 19.8 Å². The molecule has 0 saturated carbocycles. The molecule has 96 valence electrons. The average molecular weight is 308 g/mol. The predicted molar refractivity (Wildman–Crippen MR) is 67.3 cm³/mol. The first kappa shape index (κ1) is 14.4. The minimum Gasteiger partial charge on any atom is -0.490 e. The van der Waals surface area contributed by atoms with E-state index in [0.29, 0.717) is 11.1 Å². The van der Waals surface area contributed by atoms with Crippen LogP contribution >= 0.6 is 15.9 Å². The van der Waals surface area contributed by atoms with Gasteiger partial charge >= 0.3 is 0 Å². The number of hydrogen-bond donors (Lipinski definition) is 1. The highest BCUT2D eigenvalue weighted by molar-refractivity contribution is 9.10. The third-order valence-corrected chi connectivity index (χ3v) is 2.60. The van der Waals surface area contributed by atoms with Gasteiger partial charge in [0.05, 0.1) is 6.61 Å². The normalized spacial score (nSPS) is 10.6. The molecule has 0 aliphatic carbocycles. The fourth-order valence-corrected chi connectivity index (χ4v) is 1.73. The van der Waals surface area contributed by atoms with Crippen molar-refractivity contribution >= 4 is 15.9 Å². The summed E-state index contributed by atoms with van der Waals surface area (Å²) in [5, 5.41) is 3.20. The molecule has 1 N–H and O–H groups in total. The summed E-state index contributed by atoms with van der Waals surface area (Å²) in [4.78, 5) is 0. The molecule has 5 heteroatoms. The fraction of sp³-hybridized carbons (Fsp3) is 0.500. The number of nitrogens with one attached hydrogen (secondary N) is 1. The van der Waals surface area contributed by atoms with Gasteiger partial charge in [-0.2, -0.15) is 4.39 Å². The lowest BCUT2D eigenvalue weighted by Crippen LogP contribution is -2.18. The van der Waals surface area contributed by atoms with Crippen LogP contribution in [0.2, 0.25) is 0 Å². The van der Waals surface area contributed by atoms with Gasteiger partial charge in [-0.1, -0.05) is 22.9 Å². The second-order valence-electron chi connectivity index (χ2n) is 3.65. The Labute approximate surface area is 108 Å². The van der Waals surface area contributed by atoms with Crippen LogP contribution in [0.5, 0.6) is 5.75 Å². The van der Waals surface area contributed by atoms with Crippen LogP contribution in [0, 0.1) is 11.6 Å². The van der Waals surface area contributed by atoms with E-state index in [-0.39, 0.29) is 5.75 Å². The van der Waals surface area contributed by atoms with Crippen LogP contribution in [0.15, 0.2) is 16.6 Å². The largest absolute Gasteiger partial charge is 0.490 e. The van der Waals surface area contributed by atoms with Crippen LogP contribution in [-0.4, -0.2) is 19.7 Å². The Bertz CT molecular complexity index is 361. The predicted octanol–water partition coefficient (Wildman–Crippen LogP) is 3.50. The number of halogens is 3. The number of hydrogen-bond acceptors (Lipinski definition) is 2. The van der Waals surface area contributed by atoms with Gasteiger partial charge in [-0.15, -0.1) is 0 Å². The Morgan fingerprint density at radius 2 is 2.06 bits per heavy atom. The van der Waals surface area contributed by atoms with Crippen LogP contribution in [-0.2, 0) is 0 Å². The van der Waals surface area contributed by atoms with E-state index in [0.717, 1.165) is 32.0 Å². The van der Waals surface area contributed by atoms with E-state index < -0.39 is 11.6 Å². The van der Waals surface area contributed by atoms with Gasteiger partial charge in [-0.05, 0) is 38.1 Å². The Kier molecular flexibility index (Phi) is 6.44. The minimum absolute atomic E-state index is 0.0487. The van der Waals surface area contributed by atoms with Crippen molar-refractivity contribution < 1.29 is 13.5 Å². The summed E-state index contributed by atoms with van der Waals surface area (Å²) in [5.74, 6) is -1.89. The standard InChI is InChI=1S/C12H16BrF2NO/c1-2-4-16-5-3-6-17-11-8-9(13)7-10(14)12(11)15/h7-8,16H,2-6H2,1H3.